The van der Waals surface area contributed by atoms with Crippen LogP contribution in [-0.4, -0.2) is 51.8 Å². The van der Waals surface area contributed by atoms with Crippen molar-refractivity contribution in [1.82, 2.24) is 4.90 Å². The molecule has 1 aliphatic carbocycles. The van der Waals surface area contributed by atoms with Gasteiger partial charge in [0.15, 0.2) is 11.6 Å². The topological polar surface area (TPSA) is 98.1 Å². The summed E-state index contributed by atoms with van der Waals surface area (Å²) >= 11 is 0. The van der Waals surface area contributed by atoms with Crippen molar-refractivity contribution in [2.24, 2.45) is 23.7 Å². The number of hydrogen-bond acceptors (Lipinski definition) is 5. The fraction of sp³-hybridized carbons (Fsp3) is 0.556. The van der Waals surface area contributed by atoms with Crippen LogP contribution in [0.3, 0.4) is 0 Å². The molecule has 2 aliphatic rings. The number of imide groups is 1. The minimum atomic E-state index is -0.860. The number of aliphatic hydroxyl groups is 2. The van der Waals surface area contributed by atoms with Crippen molar-refractivity contribution in [3.05, 3.63) is 46.3 Å². The molecule has 186 valence electrons. The van der Waals surface area contributed by atoms with E-state index in [-0.39, 0.29) is 24.3 Å². The van der Waals surface area contributed by atoms with Gasteiger partial charge in [0.2, 0.25) is 11.8 Å². The molecule has 0 spiro atoms. The first kappa shape index (κ1) is 26.1. The van der Waals surface area contributed by atoms with Gasteiger partial charge < -0.3 is 15.3 Å². The normalized spacial score (nSPS) is 24.3. The second-order valence-electron chi connectivity index (χ2n) is 9.81. The predicted molar refractivity (Wildman–Crippen MR) is 128 cm³/mol. The number of carbonyl (C=O) groups excluding carboxylic acids is 2. The van der Waals surface area contributed by atoms with Crippen molar-refractivity contribution in [3.8, 4) is 5.75 Å². The van der Waals surface area contributed by atoms with E-state index in [1.165, 1.54) is 19.2 Å². The number of nitrogens with zero attached hydrogens (tertiary/aromatic N) is 1. The lowest BCUT2D eigenvalue weighted by Gasteiger charge is -2.38. The van der Waals surface area contributed by atoms with Crippen LogP contribution in [0, 0.1) is 29.5 Å². The Morgan fingerprint density at radius 1 is 1.24 bits per heavy atom. The van der Waals surface area contributed by atoms with Crippen LogP contribution in [-0.2, 0) is 9.59 Å². The Bertz CT molecular complexity index is 999. The monoisotopic (exact) mass is 473 g/mol. The lowest BCUT2D eigenvalue weighted by atomic mass is 9.66. The maximum atomic E-state index is 13.8. The predicted octanol–water partition coefficient (Wildman–Crippen LogP) is 4.05. The molecule has 1 aliphatic heterocycles. The summed E-state index contributed by atoms with van der Waals surface area (Å²) in [5, 5.41) is 31.0. The molecule has 3 N–H and O–H groups in total. The maximum Gasteiger partial charge on any atom is 0.233 e. The van der Waals surface area contributed by atoms with Gasteiger partial charge in [-0.1, -0.05) is 50.5 Å². The second-order valence-corrected chi connectivity index (χ2v) is 9.81. The van der Waals surface area contributed by atoms with Crippen molar-refractivity contribution in [2.75, 3.05) is 13.7 Å². The molecule has 34 heavy (non-hydrogen) atoms. The van der Waals surface area contributed by atoms with Crippen LogP contribution in [0.2, 0.25) is 0 Å². The van der Waals surface area contributed by atoms with E-state index in [1.807, 2.05) is 26.8 Å². The van der Waals surface area contributed by atoms with Gasteiger partial charge in [0.25, 0.3) is 0 Å². The first-order chi connectivity index (χ1) is 16.1. The summed E-state index contributed by atoms with van der Waals surface area (Å²) in [5.74, 6) is -3.22. The summed E-state index contributed by atoms with van der Waals surface area (Å²) in [5.41, 5.74) is 3.33. The summed E-state index contributed by atoms with van der Waals surface area (Å²) in [6.45, 7) is 5.75. The number of aromatic hydroxyl groups is 1. The van der Waals surface area contributed by atoms with Crippen LogP contribution in [0.4, 0.5) is 4.39 Å². The van der Waals surface area contributed by atoms with Gasteiger partial charge in [0.05, 0.1) is 24.5 Å². The number of carbonyl (C=O) groups is 2. The summed E-state index contributed by atoms with van der Waals surface area (Å²) in [6.07, 6.45) is 4.05. The smallest absolute Gasteiger partial charge is 0.233 e. The molecule has 1 saturated heterocycles. The third-order valence-corrected chi connectivity index (χ3v) is 7.25. The summed E-state index contributed by atoms with van der Waals surface area (Å²) in [6, 6.07) is 4.25. The molecule has 1 aromatic rings. The molecular formula is C27H36FNO5. The minimum Gasteiger partial charge on any atom is -0.505 e. The first-order valence-corrected chi connectivity index (χ1v) is 12.1. The average molecular weight is 474 g/mol. The molecule has 0 unspecified atom stereocenters. The molecular weight excluding hydrogens is 437 g/mol. The van der Waals surface area contributed by atoms with E-state index in [0.717, 1.165) is 28.9 Å². The van der Waals surface area contributed by atoms with Gasteiger partial charge in [-0.3, -0.25) is 14.5 Å². The SMILES string of the molecule is CCC/C(=C\c1ccc(O)c(F)c1)CC[C@@H](O)C1=C(C(C)C)C[C@H]2C(=O)N(C)C(=O)[C@H]2[C@H]1CO. The van der Waals surface area contributed by atoms with E-state index < -0.39 is 35.4 Å². The van der Waals surface area contributed by atoms with Crippen molar-refractivity contribution in [1.29, 1.82) is 0 Å². The number of likely N-dealkylation sites (tertiary alicyclic amines) is 1. The quantitative estimate of drug-likeness (QED) is 0.371. The molecule has 3 rings (SSSR count). The summed E-state index contributed by atoms with van der Waals surface area (Å²) < 4.78 is 13.8. The molecule has 0 aromatic heterocycles. The molecule has 1 fully saturated rings. The van der Waals surface area contributed by atoms with Gasteiger partial charge in [-0.05, 0) is 54.9 Å². The lowest BCUT2D eigenvalue weighted by molar-refractivity contribution is -0.138. The number of phenolic OH excluding ortho intramolecular Hbond substituents is 1. The fourth-order valence-electron chi connectivity index (χ4n) is 5.52. The number of benzene rings is 1. The standard InChI is InChI=1S/C27H36FNO5/c1-5-6-16(11-17-8-9-22(31)21(28)12-17)7-10-23(32)24-18(15(2)3)13-19-25(20(24)14-30)27(34)29(4)26(19)33/h8-9,11-12,15,19-20,23,25,30-32H,5-7,10,13-14H2,1-4H3/b16-11+/t19-,20+,23-,25-/m1/s1. The van der Waals surface area contributed by atoms with Gasteiger partial charge in [0.1, 0.15) is 0 Å². The van der Waals surface area contributed by atoms with Crippen molar-refractivity contribution in [3.63, 3.8) is 0 Å². The Kier molecular flexibility index (Phi) is 8.31. The molecule has 1 heterocycles. The third-order valence-electron chi connectivity index (χ3n) is 7.25. The Morgan fingerprint density at radius 3 is 2.53 bits per heavy atom. The molecule has 0 bridgehead atoms. The van der Waals surface area contributed by atoms with Gasteiger partial charge in [-0.25, -0.2) is 4.39 Å². The molecule has 1 aromatic carbocycles. The summed E-state index contributed by atoms with van der Waals surface area (Å²) in [7, 11) is 1.48. The minimum absolute atomic E-state index is 0.0686. The summed E-state index contributed by atoms with van der Waals surface area (Å²) in [4.78, 5) is 26.6. The van der Waals surface area contributed by atoms with Gasteiger partial charge in [-0.15, -0.1) is 0 Å². The highest BCUT2D eigenvalue weighted by molar-refractivity contribution is 6.05. The largest absolute Gasteiger partial charge is 0.505 e. The van der Waals surface area contributed by atoms with Crippen molar-refractivity contribution >= 4 is 17.9 Å². The second kappa shape index (κ2) is 10.8. The highest BCUT2D eigenvalue weighted by Gasteiger charge is 2.53. The molecule has 6 nitrogen and oxygen atoms in total. The van der Waals surface area contributed by atoms with Crippen LogP contribution in [0.5, 0.6) is 5.75 Å². The number of hydrogen-bond donors (Lipinski definition) is 3. The zero-order valence-electron chi connectivity index (χ0n) is 20.4. The van der Waals surface area contributed by atoms with E-state index >= 15 is 0 Å². The highest BCUT2D eigenvalue weighted by atomic mass is 19.1. The fourth-order valence-corrected chi connectivity index (χ4v) is 5.52. The number of phenols is 1. The van der Waals surface area contributed by atoms with E-state index in [4.69, 9.17) is 0 Å². The number of rotatable bonds is 9. The maximum absolute atomic E-state index is 13.8. The zero-order chi connectivity index (χ0) is 25.2. The third kappa shape index (κ3) is 5.10. The van der Waals surface area contributed by atoms with Crippen LogP contribution in [0.15, 0.2) is 34.9 Å². The Balaban J connectivity index is 1.87. The van der Waals surface area contributed by atoms with Crippen LogP contribution >= 0.6 is 0 Å². The van der Waals surface area contributed by atoms with Gasteiger partial charge >= 0.3 is 0 Å². The number of aliphatic hydroxyl groups excluding tert-OH is 2. The molecule has 4 atom stereocenters. The Morgan fingerprint density at radius 2 is 1.94 bits per heavy atom. The van der Waals surface area contributed by atoms with E-state index in [2.05, 4.69) is 0 Å². The number of halogens is 1. The Hall–Kier alpha value is -2.51. The van der Waals surface area contributed by atoms with Gasteiger partial charge in [0, 0.05) is 13.0 Å². The number of allylic oxidation sites excluding steroid dienone is 2. The zero-order valence-corrected chi connectivity index (χ0v) is 20.4. The van der Waals surface area contributed by atoms with Crippen molar-refractivity contribution < 1.29 is 29.3 Å². The Labute approximate surface area is 200 Å². The van der Waals surface area contributed by atoms with Crippen LogP contribution < -0.4 is 0 Å². The van der Waals surface area contributed by atoms with E-state index in [9.17, 15) is 29.3 Å². The van der Waals surface area contributed by atoms with Crippen LogP contribution in [0.1, 0.15) is 58.4 Å². The molecule has 0 saturated carbocycles. The number of amides is 2. The highest BCUT2D eigenvalue weighted by Crippen LogP contribution is 2.47. The number of fused-ring (bicyclic) bond motifs is 1. The van der Waals surface area contributed by atoms with E-state index in [0.29, 0.717) is 30.4 Å². The van der Waals surface area contributed by atoms with Crippen LogP contribution in [0.25, 0.3) is 6.08 Å². The lowest BCUT2D eigenvalue weighted by Crippen LogP contribution is -2.39. The molecule has 2 amide bonds. The average Bonchev–Trinajstić information content (AvgIpc) is 3.02. The van der Waals surface area contributed by atoms with Gasteiger partial charge in [-0.2, -0.15) is 0 Å². The van der Waals surface area contributed by atoms with Crippen molar-refractivity contribution in [2.45, 2.75) is 59.0 Å². The molecule has 0 radical (unpaired) electrons. The molecule has 7 heteroatoms. The van der Waals surface area contributed by atoms with E-state index in [1.54, 1.807) is 6.07 Å². The first-order valence-electron chi connectivity index (χ1n) is 12.1.